The van der Waals surface area contributed by atoms with Crippen LogP contribution in [-0.2, 0) is 5.33 Å². The van der Waals surface area contributed by atoms with Crippen molar-refractivity contribution < 1.29 is 14.6 Å². The average Bonchev–Trinajstić information content (AvgIpc) is 2.25. The number of benzene rings is 1. The van der Waals surface area contributed by atoms with Crippen LogP contribution in [0.25, 0.3) is 0 Å². The standard InChI is InChI=1S/C10H10BrNO3/c1-15-9-4-7(6-12-10(13)14)2-3-8(9)5-11/h2-4,6H,5H2,1H3,(H,13,14)/b12-6+. The van der Waals surface area contributed by atoms with E-state index in [1.807, 2.05) is 6.07 Å². The third kappa shape index (κ3) is 3.36. The first-order valence-corrected chi connectivity index (χ1v) is 5.29. The Morgan fingerprint density at radius 3 is 2.93 bits per heavy atom. The number of methoxy groups -OCH3 is 1. The lowest BCUT2D eigenvalue weighted by Gasteiger charge is -2.06. The van der Waals surface area contributed by atoms with Gasteiger partial charge in [0.05, 0.1) is 7.11 Å². The van der Waals surface area contributed by atoms with Gasteiger partial charge in [-0.05, 0) is 11.6 Å². The predicted molar refractivity (Wildman–Crippen MR) is 61.2 cm³/mol. The molecular weight excluding hydrogens is 262 g/mol. The molecule has 0 fully saturated rings. The first-order valence-electron chi connectivity index (χ1n) is 4.17. The van der Waals surface area contributed by atoms with Crippen LogP contribution in [0.3, 0.4) is 0 Å². The smallest absolute Gasteiger partial charge is 0.431 e. The number of hydrogen-bond donors (Lipinski definition) is 1. The van der Waals surface area contributed by atoms with E-state index < -0.39 is 6.09 Å². The summed E-state index contributed by atoms with van der Waals surface area (Å²) in [4.78, 5) is 13.5. The minimum absolute atomic E-state index is 0.687. The second kappa shape index (κ2) is 5.50. The summed E-state index contributed by atoms with van der Waals surface area (Å²) in [6.07, 6.45) is 0.0709. The highest BCUT2D eigenvalue weighted by atomic mass is 79.9. The number of carbonyl (C=O) groups is 1. The van der Waals surface area contributed by atoms with Crippen LogP contribution in [-0.4, -0.2) is 24.5 Å². The second-order valence-corrected chi connectivity index (χ2v) is 3.31. The van der Waals surface area contributed by atoms with Crippen LogP contribution in [0.4, 0.5) is 4.79 Å². The van der Waals surface area contributed by atoms with Crippen molar-refractivity contribution >= 4 is 28.2 Å². The third-order valence-corrected chi connectivity index (χ3v) is 2.38. The van der Waals surface area contributed by atoms with Gasteiger partial charge >= 0.3 is 6.09 Å². The van der Waals surface area contributed by atoms with E-state index in [0.717, 1.165) is 5.56 Å². The summed E-state index contributed by atoms with van der Waals surface area (Å²) in [5, 5.41) is 9.05. The highest BCUT2D eigenvalue weighted by molar-refractivity contribution is 9.08. The van der Waals surface area contributed by atoms with Gasteiger partial charge in [0.15, 0.2) is 0 Å². The Bertz CT molecular complexity index is 390. The molecule has 0 unspecified atom stereocenters. The molecule has 0 bridgehead atoms. The van der Waals surface area contributed by atoms with E-state index in [-0.39, 0.29) is 0 Å². The normalized spacial score (nSPS) is 10.5. The van der Waals surface area contributed by atoms with Gasteiger partial charge in [0.1, 0.15) is 5.75 Å². The Hall–Kier alpha value is -1.36. The van der Waals surface area contributed by atoms with Crippen molar-refractivity contribution in [2.24, 2.45) is 4.99 Å². The SMILES string of the molecule is COc1cc(/C=N/C(=O)O)ccc1CBr. The summed E-state index contributed by atoms with van der Waals surface area (Å²) in [6, 6.07) is 5.38. The van der Waals surface area contributed by atoms with Gasteiger partial charge in [-0.15, -0.1) is 0 Å². The van der Waals surface area contributed by atoms with Crippen molar-refractivity contribution in [1.82, 2.24) is 0 Å². The van der Waals surface area contributed by atoms with E-state index in [1.54, 1.807) is 19.2 Å². The Morgan fingerprint density at radius 1 is 1.67 bits per heavy atom. The number of ether oxygens (including phenoxy) is 1. The summed E-state index contributed by atoms with van der Waals surface area (Å²) in [7, 11) is 1.57. The molecule has 80 valence electrons. The monoisotopic (exact) mass is 271 g/mol. The molecule has 0 aromatic heterocycles. The molecule has 0 saturated carbocycles. The molecule has 0 radical (unpaired) electrons. The summed E-state index contributed by atoms with van der Waals surface area (Å²) >= 11 is 3.33. The quantitative estimate of drug-likeness (QED) is 0.679. The van der Waals surface area contributed by atoms with Gasteiger partial charge in [0.25, 0.3) is 0 Å². The van der Waals surface area contributed by atoms with Crippen LogP contribution < -0.4 is 4.74 Å². The van der Waals surface area contributed by atoms with Gasteiger partial charge in [-0.3, -0.25) is 0 Å². The fourth-order valence-electron chi connectivity index (χ4n) is 1.08. The topological polar surface area (TPSA) is 58.9 Å². The number of carboxylic acid groups (broad SMARTS) is 1. The molecule has 1 rings (SSSR count). The van der Waals surface area contributed by atoms with Crippen LogP contribution in [0, 0.1) is 0 Å². The van der Waals surface area contributed by atoms with Crippen molar-refractivity contribution in [2.75, 3.05) is 7.11 Å². The van der Waals surface area contributed by atoms with Gasteiger partial charge in [-0.2, -0.15) is 4.99 Å². The first kappa shape index (κ1) is 11.7. The molecule has 1 N–H and O–H groups in total. The zero-order valence-electron chi connectivity index (χ0n) is 8.11. The minimum Gasteiger partial charge on any atom is -0.496 e. The number of rotatable bonds is 3. The van der Waals surface area contributed by atoms with E-state index in [2.05, 4.69) is 20.9 Å². The van der Waals surface area contributed by atoms with Crippen LogP contribution in [0.2, 0.25) is 0 Å². The maximum Gasteiger partial charge on any atom is 0.431 e. The molecule has 0 aliphatic heterocycles. The van der Waals surface area contributed by atoms with Gasteiger partial charge in [0.2, 0.25) is 0 Å². The van der Waals surface area contributed by atoms with Crippen molar-refractivity contribution in [3.8, 4) is 5.75 Å². The Morgan fingerprint density at radius 2 is 2.40 bits per heavy atom. The molecule has 0 aliphatic carbocycles. The predicted octanol–water partition coefficient (Wildman–Crippen LogP) is 2.69. The maximum atomic E-state index is 10.2. The number of aliphatic imine (C=N–C) groups is 1. The molecule has 0 atom stereocenters. The molecule has 1 aromatic rings. The summed E-state index contributed by atoms with van der Waals surface area (Å²) in [6.45, 7) is 0. The fourth-order valence-corrected chi connectivity index (χ4v) is 1.54. The molecule has 0 heterocycles. The van der Waals surface area contributed by atoms with Gasteiger partial charge in [-0.1, -0.05) is 28.1 Å². The zero-order valence-corrected chi connectivity index (χ0v) is 9.69. The van der Waals surface area contributed by atoms with Gasteiger partial charge in [-0.25, -0.2) is 4.79 Å². The van der Waals surface area contributed by atoms with E-state index in [4.69, 9.17) is 9.84 Å². The molecule has 1 amide bonds. The van der Waals surface area contributed by atoms with Gasteiger partial charge < -0.3 is 9.84 Å². The maximum absolute atomic E-state index is 10.2. The Balaban J connectivity index is 2.97. The molecule has 0 spiro atoms. The highest BCUT2D eigenvalue weighted by Crippen LogP contribution is 2.21. The van der Waals surface area contributed by atoms with Crippen LogP contribution in [0.1, 0.15) is 11.1 Å². The van der Waals surface area contributed by atoms with Gasteiger partial charge in [0, 0.05) is 17.1 Å². The molecule has 0 saturated heterocycles. The first-order chi connectivity index (χ1) is 7.17. The molecule has 4 nitrogen and oxygen atoms in total. The van der Waals surface area contributed by atoms with E-state index >= 15 is 0 Å². The number of halogens is 1. The Labute approximate surface area is 95.7 Å². The number of hydrogen-bond acceptors (Lipinski definition) is 2. The van der Waals surface area contributed by atoms with E-state index in [9.17, 15) is 4.79 Å². The lowest BCUT2D eigenvalue weighted by Crippen LogP contribution is -1.93. The summed E-state index contributed by atoms with van der Waals surface area (Å²) in [5.41, 5.74) is 1.70. The van der Waals surface area contributed by atoms with Crippen molar-refractivity contribution in [3.05, 3.63) is 29.3 Å². The molecule has 0 aliphatic rings. The van der Waals surface area contributed by atoms with Crippen molar-refractivity contribution in [2.45, 2.75) is 5.33 Å². The van der Waals surface area contributed by atoms with Crippen LogP contribution in [0.15, 0.2) is 23.2 Å². The average molecular weight is 272 g/mol. The zero-order chi connectivity index (χ0) is 11.3. The van der Waals surface area contributed by atoms with Crippen molar-refractivity contribution in [1.29, 1.82) is 0 Å². The van der Waals surface area contributed by atoms with Crippen LogP contribution >= 0.6 is 15.9 Å². The van der Waals surface area contributed by atoms with E-state index in [1.165, 1.54) is 6.21 Å². The van der Waals surface area contributed by atoms with E-state index in [0.29, 0.717) is 16.6 Å². The fraction of sp³-hybridized carbons (Fsp3) is 0.200. The number of nitrogens with zero attached hydrogens (tertiary/aromatic N) is 1. The number of amides is 1. The minimum atomic E-state index is -1.21. The largest absolute Gasteiger partial charge is 0.496 e. The highest BCUT2D eigenvalue weighted by Gasteiger charge is 2.01. The van der Waals surface area contributed by atoms with Crippen molar-refractivity contribution in [3.63, 3.8) is 0 Å². The lowest BCUT2D eigenvalue weighted by atomic mass is 10.1. The molecule has 5 heteroatoms. The third-order valence-electron chi connectivity index (χ3n) is 1.78. The lowest BCUT2D eigenvalue weighted by molar-refractivity contribution is 0.206. The Kier molecular flexibility index (Phi) is 4.30. The van der Waals surface area contributed by atoms with Crippen LogP contribution in [0.5, 0.6) is 5.75 Å². The second-order valence-electron chi connectivity index (χ2n) is 2.75. The summed E-state index contributed by atoms with van der Waals surface area (Å²) < 4.78 is 5.14. The molecular formula is C10H10BrNO3. The number of alkyl halides is 1. The molecule has 1 aromatic carbocycles. The molecule has 15 heavy (non-hydrogen) atoms. The summed E-state index contributed by atoms with van der Waals surface area (Å²) in [5.74, 6) is 0.709.